The lowest BCUT2D eigenvalue weighted by molar-refractivity contribution is -0.144. The first kappa shape index (κ1) is 31.9. The largest absolute Gasteiger partial charge is 0.466 e. The van der Waals surface area contributed by atoms with Crippen LogP contribution in [0.5, 0.6) is 0 Å². The van der Waals surface area contributed by atoms with Crippen molar-refractivity contribution in [3.05, 3.63) is 24.3 Å². The third kappa shape index (κ3) is 25.4. The molecule has 0 fully saturated rings. The van der Waals surface area contributed by atoms with Crippen molar-refractivity contribution < 1.29 is 14.6 Å². The minimum absolute atomic E-state index is 0.0669. The van der Waals surface area contributed by atoms with E-state index in [1.807, 2.05) is 0 Å². The zero-order chi connectivity index (χ0) is 24.2. The lowest BCUT2D eigenvalue weighted by atomic mass is 9.93. The van der Waals surface area contributed by atoms with Crippen LogP contribution in [0.15, 0.2) is 24.3 Å². The van der Waals surface area contributed by atoms with E-state index in [-0.39, 0.29) is 12.6 Å². The van der Waals surface area contributed by atoms with E-state index in [0.29, 0.717) is 18.9 Å². The molecule has 1 unspecified atom stereocenters. The molecule has 194 valence electrons. The number of esters is 1. The Hall–Kier alpha value is -1.09. The molecule has 0 aliphatic heterocycles. The van der Waals surface area contributed by atoms with Gasteiger partial charge in [-0.1, -0.05) is 109 Å². The van der Waals surface area contributed by atoms with Crippen LogP contribution in [-0.2, 0) is 9.53 Å². The van der Waals surface area contributed by atoms with Gasteiger partial charge >= 0.3 is 5.97 Å². The SMILES string of the molecule is CCCCC/C=C\C/C=C\CCCCCCCCCC(CCO)CCC(=O)OCCCCC. The molecule has 0 heterocycles. The summed E-state index contributed by atoms with van der Waals surface area (Å²) in [5, 5.41) is 9.32. The van der Waals surface area contributed by atoms with Gasteiger partial charge < -0.3 is 9.84 Å². The van der Waals surface area contributed by atoms with Gasteiger partial charge in [0.1, 0.15) is 0 Å². The van der Waals surface area contributed by atoms with Gasteiger partial charge in [-0.3, -0.25) is 4.79 Å². The molecular weight excluding hydrogens is 408 g/mol. The first-order valence-electron chi connectivity index (χ1n) is 14.3. The summed E-state index contributed by atoms with van der Waals surface area (Å²) in [6.07, 6.45) is 32.4. The molecule has 0 spiro atoms. The number of hydrogen-bond donors (Lipinski definition) is 1. The van der Waals surface area contributed by atoms with E-state index in [9.17, 15) is 9.90 Å². The van der Waals surface area contributed by atoms with Crippen molar-refractivity contribution >= 4 is 5.97 Å². The second kappa shape index (κ2) is 27.2. The third-order valence-electron chi connectivity index (χ3n) is 6.37. The van der Waals surface area contributed by atoms with E-state index in [1.54, 1.807) is 0 Å². The highest BCUT2D eigenvalue weighted by molar-refractivity contribution is 5.69. The Kier molecular flexibility index (Phi) is 26.3. The molecule has 0 aromatic heterocycles. The Morgan fingerprint density at radius 3 is 1.91 bits per heavy atom. The van der Waals surface area contributed by atoms with Gasteiger partial charge in [-0.15, -0.1) is 0 Å². The van der Waals surface area contributed by atoms with E-state index in [2.05, 4.69) is 38.2 Å². The molecule has 3 nitrogen and oxygen atoms in total. The summed E-state index contributed by atoms with van der Waals surface area (Å²) in [5.74, 6) is 0.388. The summed E-state index contributed by atoms with van der Waals surface area (Å²) in [7, 11) is 0. The Morgan fingerprint density at radius 2 is 1.27 bits per heavy atom. The van der Waals surface area contributed by atoms with Crippen molar-refractivity contribution in [2.24, 2.45) is 5.92 Å². The van der Waals surface area contributed by atoms with Crippen LogP contribution in [0, 0.1) is 5.92 Å². The van der Waals surface area contributed by atoms with Crippen LogP contribution in [0.4, 0.5) is 0 Å². The second-order valence-corrected chi connectivity index (χ2v) is 9.57. The average Bonchev–Trinajstić information content (AvgIpc) is 2.82. The van der Waals surface area contributed by atoms with Crippen molar-refractivity contribution in [2.75, 3.05) is 13.2 Å². The minimum atomic E-state index is -0.0669. The van der Waals surface area contributed by atoms with Crippen molar-refractivity contribution in [3.63, 3.8) is 0 Å². The smallest absolute Gasteiger partial charge is 0.305 e. The van der Waals surface area contributed by atoms with E-state index >= 15 is 0 Å². The maximum atomic E-state index is 11.9. The number of rotatable bonds is 25. The van der Waals surface area contributed by atoms with Crippen LogP contribution < -0.4 is 0 Å². The van der Waals surface area contributed by atoms with Gasteiger partial charge in [0.2, 0.25) is 0 Å². The number of aliphatic hydroxyl groups is 1. The van der Waals surface area contributed by atoms with Crippen molar-refractivity contribution in [2.45, 2.75) is 142 Å². The first-order chi connectivity index (χ1) is 16.2. The third-order valence-corrected chi connectivity index (χ3v) is 6.37. The van der Waals surface area contributed by atoms with Crippen LogP contribution >= 0.6 is 0 Å². The molecule has 0 saturated heterocycles. The Labute approximate surface area is 206 Å². The predicted molar refractivity (Wildman–Crippen MR) is 144 cm³/mol. The molecule has 3 heteroatoms. The van der Waals surface area contributed by atoms with Crippen molar-refractivity contribution in [1.29, 1.82) is 0 Å². The quantitative estimate of drug-likeness (QED) is 0.0832. The summed E-state index contributed by atoms with van der Waals surface area (Å²) in [4.78, 5) is 11.9. The highest BCUT2D eigenvalue weighted by Gasteiger charge is 2.12. The normalized spacial score (nSPS) is 12.7. The number of carbonyl (C=O) groups is 1. The standard InChI is InChI=1S/C30H56O3/c1-3-5-7-8-9-10-11-12-13-14-15-16-17-18-19-20-21-23-29(26-27-31)24-25-30(32)33-28-22-6-4-2/h9-10,12-13,29,31H,3-8,11,14-28H2,1-2H3/b10-9-,13-12-. The fourth-order valence-electron chi connectivity index (χ4n) is 4.15. The number of allylic oxidation sites excluding steroid dienone is 4. The van der Waals surface area contributed by atoms with Crippen LogP contribution in [0.1, 0.15) is 142 Å². The van der Waals surface area contributed by atoms with Crippen LogP contribution in [0.2, 0.25) is 0 Å². The predicted octanol–water partition coefficient (Wildman–Crippen LogP) is 9.09. The Bertz CT molecular complexity index is 455. The summed E-state index contributed by atoms with van der Waals surface area (Å²) in [6.45, 7) is 5.18. The first-order valence-corrected chi connectivity index (χ1v) is 14.3. The number of carbonyl (C=O) groups excluding carboxylic acids is 1. The fraction of sp³-hybridized carbons (Fsp3) is 0.833. The number of ether oxygens (including phenoxy) is 1. The summed E-state index contributed by atoms with van der Waals surface area (Å²) in [5.41, 5.74) is 0. The lowest BCUT2D eigenvalue weighted by Crippen LogP contribution is -2.10. The van der Waals surface area contributed by atoms with Gasteiger partial charge in [-0.25, -0.2) is 0 Å². The molecule has 0 rings (SSSR count). The van der Waals surface area contributed by atoms with E-state index in [1.165, 1.54) is 77.0 Å². The summed E-state index contributed by atoms with van der Waals surface area (Å²) < 4.78 is 5.30. The maximum absolute atomic E-state index is 11.9. The molecule has 1 atom stereocenters. The molecule has 0 bridgehead atoms. The average molecular weight is 465 g/mol. The van der Waals surface area contributed by atoms with Gasteiger partial charge in [0, 0.05) is 13.0 Å². The molecule has 0 aliphatic carbocycles. The second-order valence-electron chi connectivity index (χ2n) is 9.57. The van der Waals surface area contributed by atoms with Gasteiger partial charge in [-0.2, -0.15) is 0 Å². The molecule has 0 aliphatic rings. The topological polar surface area (TPSA) is 46.5 Å². The van der Waals surface area contributed by atoms with Crippen LogP contribution in [0.3, 0.4) is 0 Å². The molecule has 1 N–H and O–H groups in total. The Morgan fingerprint density at radius 1 is 0.697 bits per heavy atom. The van der Waals surface area contributed by atoms with Crippen molar-refractivity contribution in [1.82, 2.24) is 0 Å². The monoisotopic (exact) mass is 464 g/mol. The highest BCUT2D eigenvalue weighted by Crippen LogP contribution is 2.20. The van der Waals surface area contributed by atoms with Gasteiger partial charge in [0.25, 0.3) is 0 Å². The zero-order valence-corrected chi connectivity index (χ0v) is 22.2. The molecular formula is C30H56O3. The van der Waals surface area contributed by atoms with E-state index in [4.69, 9.17) is 4.74 Å². The summed E-state index contributed by atoms with van der Waals surface area (Å²) >= 11 is 0. The lowest BCUT2D eigenvalue weighted by Gasteiger charge is -2.15. The molecule has 0 saturated carbocycles. The molecule has 0 aromatic rings. The summed E-state index contributed by atoms with van der Waals surface area (Å²) in [6, 6.07) is 0. The van der Waals surface area contributed by atoms with Crippen LogP contribution in [-0.4, -0.2) is 24.3 Å². The molecule has 33 heavy (non-hydrogen) atoms. The highest BCUT2D eigenvalue weighted by atomic mass is 16.5. The zero-order valence-electron chi connectivity index (χ0n) is 22.2. The van der Waals surface area contributed by atoms with E-state index < -0.39 is 0 Å². The fourth-order valence-corrected chi connectivity index (χ4v) is 4.15. The van der Waals surface area contributed by atoms with Gasteiger partial charge in [-0.05, 0) is 57.3 Å². The molecule has 0 amide bonds. The van der Waals surface area contributed by atoms with E-state index in [0.717, 1.165) is 44.9 Å². The number of hydrogen-bond acceptors (Lipinski definition) is 3. The van der Waals surface area contributed by atoms with Gasteiger partial charge in [0.15, 0.2) is 0 Å². The Balaban J connectivity index is 3.55. The van der Waals surface area contributed by atoms with Crippen LogP contribution in [0.25, 0.3) is 0 Å². The number of aliphatic hydroxyl groups excluding tert-OH is 1. The maximum Gasteiger partial charge on any atom is 0.305 e. The molecule has 0 aromatic carbocycles. The van der Waals surface area contributed by atoms with Gasteiger partial charge in [0.05, 0.1) is 6.61 Å². The molecule has 0 radical (unpaired) electrons. The number of unbranched alkanes of at least 4 members (excludes halogenated alkanes) is 12. The van der Waals surface area contributed by atoms with Crippen molar-refractivity contribution in [3.8, 4) is 0 Å². The minimum Gasteiger partial charge on any atom is -0.466 e.